The molecule has 0 fully saturated rings. The third-order valence-corrected chi connectivity index (χ3v) is 7.60. The normalized spacial score (nSPS) is 11.9. The summed E-state index contributed by atoms with van der Waals surface area (Å²) in [4.78, 5) is 37.1. The van der Waals surface area contributed by atoms with Crippen LogP contribution in [0.3, 0.4) is 0 Å². The number of ether oxygens (including phenoxy) is 1. The summed E-state index contributed by atoms with van der Waals surface area (Å²) in [6.45, 7) is 4.50. The van der Waals surface area contributed by atoms with Crippen molar-refractivity contribution >= 4 is 17.7 Å². The first kappa shape index (κ1) is 36.6. The molecule has 5 heteroatoms. The molecular weight excluding hydrogens is 474 g/mol. The van der Waals surface area contributed by atoms with Gasteiger partial charge in [0.25, 0.3) is 0 Å². The molecule has 0 radical (unpaired) electrons. The SMILES string of the molecule is CCCCCCCCCCCCCCCC(=O)NC(C(=O)CCCCCCCCCCCCC)C(=O)OC. The number of hydrogen-bond acceptors (Lipinski definition) is 4. The molecule has 0 aromatic heterocycles. The Hall–Kier alpha value is -1.39. The van der Waals surface area contributed by atoms with Crippen molar-refractivity contribution in [2.45, 2.75) is 187 Å². The number of ketones is 1. The van der Waals surface area contributed by atoms with Gasteiger partial charge in [0, 0.05) is 12.8 Å². The maximum atomic E-state index is 12.6. The first-order valence-corrected chi connectivity index (χ1v) is 16.5. The topological polar surface area (TPSA) is 72.5 Å². The fourth-order valence-corrected chi connectivity index (χ4v) is 5.03. The van der Waals surface area contributed by atoms with E-state index in [1.807, 2.05) is 0 Å². The van der Waals surface area contributed by atoms with Gasteiger partial charge in [0.05, 0.1) is 7.11 Å². The molecule has 1 amide bonds. The van der Waals surface area contributed by atoms with Crippen LogP contribution in [-0.4, -0.2) is 30.8 Å². The van der Waals surface area contributed by atoms with Gasteiger partial charge in [-0.25, -0.2) is 4.79 Å². The number of rotatable bonds is 29. The predicted octanol–water partition coefficient (Wildman–Crippen LogP) is 9.40. The number of Topliss-reactive ketones (excluding diaryl/α,β-unsaturated/α-hetero) is 1. The third kappa shape index (κ3) is 23.7. The molecule has 0 saturated heterocycles. The Morgan fingerprint density at radius 2 is 0.816 bits per heavy atom. The van der Waals surface area contributed by atoms with Crippen LogP contribution in [0.2, 0.25) is 0 Å². The van der Waals surface area contributed by atoms with Crippen LogP contribution in [0.4, 0.5) is 0 Å². The van der Waals surface area contributed by atoms with Gasteiger partial charge in [0.15, 0.2) is 11.8 Å². The summed E-state index contributed by atoms with van der Waals surface area (Å²) < 4.78 is 4.79. The average Bonchev–Trinajstić information content (AvgIpc) is 2.92. The van der Waals surface area contributed by atoms with Crippen LogP contribution in [0.1, 0.15) is 181 Å². The van der Waals surface area contributed by atoms with Crippen molar-refractivity contribution in [1.82, 2.24) is 5.32 Å². The molecule has 0 aliphatic carbocycles. The highest BCUT2D eigenvalue weighted by Gasteiger charge is 2.28. The first-order chi connectivity index (χ1) is 18.6. The van der Waals surface area contributed by atoms with Gasteiger partial charge in [0.1, 0.15) is 0 Å². The Morgan fingerprint density at radius 3 is 1.16 bits per heavy atom. The van der Waals surface area contributed by atoms with Gasteiger partial charge in [-0.05, 0) is 12.8 Å². The van der Waals surface area contributed by atoms with Gasteiger partial charge in [-0.1, -0.05) is 155 Å². The van der Waals surface area contributed by atoms with Crippen molar-refractivity contribution in [3.05, 3.63) is 0 Å². The van der Waals surface area contributed by atoms with E-state index >= 15 is 0 Å². The fraction of sp³-hybridized carbons (Fsp3) is 0.909. The van der Waals surface area contributed by atoms with E-state index < -0.39 is 12.0 Å². The number of hydrogen-bond donors (Lipinski definition) is 1. The van der Waals surface area contributed by atoms with Gasteiger partial charge in [-0.2, -0.15) is 0 Å². The lowest BCUT2D eigenvalue weighted by Crippen LogP contribution is -2.47. The van der Waals surface area contributed by atoms with E-state index in [2.05, 4.69) is 19.2 Å². The molecule has 1 unspecified atom stereocenters. The summed E-state index contributed by atoms with van der Waals surface area (Å²) >= 11 is 0. The summed E-state index contributed by atoms with van der Waals surface area (Å²) in [7, 11) is 1.27. The molecule has 38 heavy (non-hydrogen) atoms. The largest absolute Gasteiger partial charge is 0.467 e. The third-order valence-electron chi connectivity index (χ3n) is 7.60. The monoisotopic (exact) mass is 537 g/mol. The van der Waals surface area contributed by atoms with E-state index in [4.69, 9.17) is 4.74 Å². The van der Waals surface area contributed by atoms with Crippen molar-refractivity contribution in [3.8, 4) is 0 Å². The zero-order valence-electron chi connectivity index (χ0n) is 25.6. The predicted molar refractivity (Wildman–Crippen MR) is 160 cm³/mol. The van der Waals surface area contributed by atoms with Crippen molar-refractivity contribution in [3.63, 3.8) is 0 Å². The van der Waals surface area contributed by atoms with Crippen molar-refractivity contribution < 1.29 is 19.1 Å². The highest BCUT2D eigenvalue weighted by molar-refractivity contribution is 6.05. The van der Waals surface area contributed by atoms with Gasteiger partial charge < -0.3 is 10.1 Å². The van der Waals surface area contributed by atoms with E-state index in [1.165, 1.54) is 123 Å². The lowest BCUT2D eigenvalue weighted by Gasteiger charge is -2.15. The maximum absolute atomic E-state index is 12.6. The second-order valence-electron chi connectivity index (χ2n) is 11.3. The molecule has 5 nitrogen and oxygen atoms in total. The zero-order chi connectivity index (χ0) is 28.1. The standard InChI is InChI=1S/C33H63NO4/c1-4-6-8-10-12-14-16-17-19-21-23-25-27-29-31(36)34-32(33(37)38-3)30(35)28-26-24-22-20-18-15-13-11-9-7-5-2/h32H,4-29H2,1-3H3,(H,34,36). The van der Waals surface area contributed by atoms with Crippen LogP contribution < -0.4 is 5.32 Å². The van der Waals surface area contributed by atoms with Gasteiger partial charge in [0.2, 0.25) is 5.91 Å². The Bertz CT molecular complexity index is 563. The second kappa shape index (κ2) is 28.6. The van der Waals surface area contributed by atoms with E-state index in [0.717, 1.165) is 38.5 Å². The van der Waals surface area contributed by atoms with Crippen LogP contribution in [0.15, 0.2) is 0 Å². The second-order valence-corrected chi connectivity index (χ2v) is 11.3. The smallest absolute Gasteiger partial charge is 0.336 e. The molecule has 0 spiro atoms. The first-order valence-electron chi connectivity index (χ1n) is 16.5. The van der Waals surface area contributed by atoms with Crippen molar-refractivity contribution in [1.29, 1.82) is 0 Å². The number of unbranched alkanes of at least 4 members (excludes halogenated alkanes) is 22. The lowest BCUT2D eigenvalue weighted by molar-refractivity contribution is -0.148. The Labute approximate surface area is 236 Å². The fourth-order valence-electron chi connectivity index (χ4n) is 5.03. The number of carbonyl (C=O) groups excluding carboxylic acids is 3. The summed E-state index contributed by atoms with van der Waals surface area (Å²) in [6.07, 6.45) is 30.3. The van der Waals surface area contributed by atoms with Crippen LogP contribution >= 0.6 is 0 Å². The lowest BCUT2D eigenvalue weighted by atomic mass is 10.0. The molecule has 0 heterocycles. The maximum Gasteiger partial charge on any atom is 0.336 e. The molecule has 1 atom stereocenters. The molecule has 0 aliphatic heterocycles. The van der Waals surface area contributed by atoms with Crippen LogP contribution in [0.5, 0.6) is 0 Å². The molecule has 0 aromatic carbocycles. The number of carbonyl (C=O) groups is 3. The molecule has 0 aliphatic rings. The number of methoxy groups -OCH3 is 1. The van der Waals surface area contributed by atoms with Gasteiger partial charge >= 0.3 is 5.97 Å². The number of nitrogens with one attached hydrogen (secondary N) is 1. The summed E-state index contributed by atoms with van der Waals surface area (Å²) in [5.41, 5.74) is 0. The van der Waals surface area contributed by atoms with E-state index in [-0.39, 0.29) is 11.7 Å². The molecule has 0 aromatic rings. The van der Waals surface area contributed by atoms with Crippen LogP contribution in [0, 0.1) is 0 Å². The van der Waals surface area contributed by atoms with Crippen LogP contribution in [0.25, 0.3) is 0 Å². The van der Waals surface area contributed by atoms with Crippen molar-refractivity contribution in [2.75, 3.05) is 7.11 Å². The molecule has 0 saturated carbocycles. The average molecular weight is 538 g/mol. The van der Waals surface area contributed by atoms with Gasteiger partial charge in [-0.3, -0.25) is 9.59 Å². The molecule has 1 N–H and O–H groups in total. The van der Waals surface area contributed by atoms with Gasteiger partial charge in [-0.15, -0.1) is 0 Å². The van der Waals surface area contributed by atoms with E-state index in [0.29, 0.717) is 12.8 Å². The van der Waals surface area contributed by atoms with E-state index in [1.54, 1.807) is 0 Å². The molecule has 224 valence electrons. The molecule has 0 rings (SSSR count). The van der Waals surface area contributed by atoms with Crippen molar-refractivity contribution in [2.24, 2.45) is 0 Å². The highest BCUT2D eigenvalue weighted by Crippen LogP contribution is 2.14. The molecule has 0 bridgehead atoms. The Balaban J connectivity index is 3.84. The quantitative estimate of drug-likeness (QED) is 0.0586. The summed E-state index contributed by atoms with van der Waals surface area (Å²) in [5, 5.41) is 2.64. The Morgan fingerprint density at radius 1 is 0.500 bits per heavy atom. The molecular formula is C33H63NO4. The minimum absolute atomic E-state index is 0.226. The van der Waals surface area contributed by atoms with E-state index in [9.17, 15) is 14.4 Å². The number of amides is 1. The minimum atomic E-state index is -1.16. The number of esters is 1. The summed E-state index contributed by atoms with van der Waals surface area (Å²) in [6, 6.07) is -1.16. The van der Waals surface area contributed by atoms with Crippen LogP contribution in [-0.2, 0) is 19.1 Å². The zero-order valence-corrected chi connectivity index (χ0v) is 25.6. The highest BCUT2D eigenvalue weighted by atomic mass is 16.5. The minimum Gasteiger partial charge on any atom is -0.467 e. The summed E-state index contributed by atoms with van der Waals surface area (Å²) in [5.74, 6) is -1.11. The Kier molecular flexibility index (Phi) is 27.6.